The molecule has 2 rings (SSSR count). The number of hydrogen-bond donors (Lipinski definition) is 3. The number of thioether (sulfide) groups is 1. The van der Waals surface area contributed by atoms with Crippen LogP contribution in [0.25, 0.3) is 0 Å². The van der Waals surface area contributed by atoms with Gasteiger partial charge in [0, 0.05) is 18.1 Å². The van der Waals surface area contributed by atoms with Crippen molar-refractivity contribution in [3.63, 3.8) is 0 Å². The molecule has 2 atom stereocenters. The fourth-order valence-corrected chi connectivity index (χ4v) is 4.04. The van der Waals surface area contributed by atoms with Gasteiger partial charge in [0.1, 0.15) is 22.8 Å². The number of fused-ring (bicyclic) bond motifs is 2. The lowest BCUT2D eigenvalue weighted by Crippen LogP contribution is -2.49. The molecule has 3 N–H and O–H groups in total. The van der Waals surface area contributed by atoms with E-state index >= 15 is 0 Å². The zero-order chi connectivity index (χ0) is 24.4. The predicted octanol–water partition coefficient (Wildman–Crippen LogP) is 1.17. The van der Waals surface area contributed by atoms with Gasteiger partial charge in [0.25, 0.3) is 5.91 Å². The number of carbonyl (C=O) groups excluding carboxylic acids is 5. The standard InChI is InChI=1S/C21H28N4O6S2/c1-12(2)19-21(30)31-14(6-4-5-7-32-13(3)26)8-16(27)22-10-18-24-15(11-33-18)20(29)23-9-17(28)25-19/h4,6,11-12,14,19H,5,7-10H2,1-3H3,(H,22,27)(H,23,29)(H,25,28)/b6-4+/t14-,19+/m1/s1. The third kappa shape index (κ3) is 9.34. The molecule has 0 saturated carbocycles. The lowest BCUT2D eigenvalue weighted by molar-refractivity contribution is -0.153. The number of allylic oxidation sites excluding steroid dienone is 1. The van der Waals surface area contributed by atoms with Crippen molar-refractivity contribution in [2.24, 2.45) is 5.92 Å². The molecule has 2 heterocycles. The molecule has 0 unspecified atom stereocenters. The van der Waals surface area contributed by atoms with Gasteiger partial charge < -0.3 is 20.7 Å². The maximum absolute atomic E-state index is 12.8. The Bertz CT molecular complexity index is 914. The first-order valence-electron chi connectivity index (χ1n) is 10.4. The summed E-state index contributed by atoms with van der Waals surface area (Å²) < 4.78 is 5.55. The van der Waals surface area contributed by atoms with E-state index < -0.39 is 29.9 Å². The third-order valence-corrected chi connectivity index (χ3v) is 6.16. The Morgan fingerprint density at radius 2 is 2.00 bits per heavy atom. The summed E-state index contributed by atoms with van der Waals surface area (Å²) in [6.45, 7) is 4.77. The molecular weight excluding hydrogens is 468 g/mol. The molecule has 3 amide bonds. The van der Waals surface area contributed by atoms with Gasteiger partial charge in [-0.3, -0.25) is 19.2 Å². The number of nitrogens with one attached hydrogen (secondary N) is 3. The summed E-state index contributed by atoms with van der Waals surface area (Å²) in [6, 6.07) is -0.958. The Balaban J connectivity index is 2.19. The Morgan fingerprint density at radius 1 is 1.24 bits per heavy atom. The van der Waals surface area contributed by atoms with Gasteiger partial charge in [0.15, 0.2) is 5.12 Å². The van der Waals surface area contributed by atoms with E-state index in [0.717, 1.165) is 0 Å². The normalized spacial score (nSPS) is 20.8. The van der Waals surface area contributed by atoms with Crippen LogP contribution in [0, 0.1) is 5.92 Å². The van der Waals surface area contributed by atoms with Crippen LogP contribution in [0.3, 0.4) is 0 Å². The summed E-state index contributed by atoms with van der Waals surface area (Å²) in [5, 5.41) is 9.83. The van der Waals surface area contributed by atoms with E-state index in [9.17, 15) is 24.0 Å². The van der Waals surface area contributed by atoms with E-state index in [2.05, 4.69) is 20.9 Å². The maximum Gasteiger partial charge on any atom is 0.329 e. The lowest BCUT2D eigenvalue weighted by atomic mass is 10.0. The van der Waals surface area contributed by atoms with Crippen LogP contribution in [0.2, 0.25) is 0 Å². The van der Waals surface area contributed by atoms with Crippen LogP contribution >= 0.6 is 23.1 Å². The van der Waals surface area contributed by atoms with E-state index in [4.69, 9.17) is 4.74 Å². The first-order chi connectivity index (χ1) is 15.7. The highest BCUT2D eigenvalue weighted by atomic mass is 32.2. The first-order valence-corrected chi connectivity index (χ1v) is 12.3. The van der Waals surface area contributed by atoms with Crippen molar-refractivity contribution in [1.29, 1.82) is 0 Å². The number of thiazole rings is 1. The van der Waals surface area contributed by atoms with Crippen LogP contribution in [0.5, 0.6) is 0 Å². The van der Waals surface area contributed by atoms with Crippen molar-refractivity contribution < 1.29 is 28.7 Å². The van der Waals surface area contributed by atoms with Crippen LogP contribution in [-0.2, 0) is 30.5 Å². The van der Waals surface area contributed by atoms with Gasteiger partial charge in [-0.2, -0.15) is 0 Å². The first kappa shape index (κ1) is 26.5. The average molecular weight is 497 g/mol. The van der Waals surface area contributed by atoms with Crippen molar-refractivity contribution in [3.05, 3.63) is 28.2 Å². The number of ether oxygens (including phenoxy) is 1. The van der Waals surface area contributed by atoms with Crippen LogP contribution in [0.4, 0.5) is 0 Å². The zero-order valence-electron chi connectivity index (χ0n) is 18.7. The summed E-state index contributed by atoms with van der Waals surface area (Å²) in [7, 11) is 0. The van der Waals surface area contributed by atoms with Gasteiger partial charge in [-0.15, -0.1) is 11.3 Å². The SMILES string of the molecule is CC(=O)SCC/C=C/[C@@H]1CC(=O)NCc2nc(cs2)C(=O)NCC(=O)N[C@@H](C(C)C)C(=O)O1. The molecule has 0 radical (unpaired) electrons. The number of carbonyl (C=O) groups is 5. The van der Waals surface area contributed by atoms with Crippen LogP contribution in [0.1, 0.15) is 49.1 Å². The Kier molecular flexibility index (Phi) is 10.5. The second-order valence-corrected chi connectivity index (χ2v) is 9.83. The van der Waals surface area contributed by atoms with Gasteiger partial charge >= 0.3 is 5.97 Å². The topological polar surface area (TPSA) is 144 Å². The maximum atomic E-state index is 12.8. The highest BCUT2D eigenvalue weighted by Crippen LogP contribution is 2.13. The summed E-state index contributed by atoms with van der Waals surface area (Å²) in [5.41, 5.74) is 0.146. The Hall–Kier alpha value is -2.73. The minimum Gasteiger partial charge on any atom is -0.456 e. The molecule has 10 nitrogen and oxygen atoms in total. The molecule has 0 fully saturated rings. The number of amides is 3. The number of aromatic nitrogens is 1. The Morgan fingerprint density at radius 3 is 2.70 bits per heavy atom. The molecule has 1 aromatic heterocycles. The van der Waals surface area contributed by atoms with Gasteiger partial charge in [-0.25, -0.2) is 9.78 Å². The molecule has 0 spiro atoms. The molecule has 2 bridgehead atoms. The van der Waals surface area contributed by atoms with E-state index in [1.165, 1.54) is 30.0 Å². The van der Waals surface area contributed by atoms with Crippen molar-refractivity contribution in [2.45, 2.75) is 52.3 Å². The van der Waals surface area contributed by atoms with Crippen molar-refractivity contribution in [1.82, 2.24) is 20.9 Å². The fraction of sp³-hybridized carbons (Fsp3) is 0.524. The highest BCUT2D eigenvalue weighted by molar-refractivity contribution is 8.13. The molecule has 1 aromatic rings. The molecule has 0 saturated heterocycles. The molecule has 12 heteroatoms. The molecule has 0 aliphatic carbocycles. The van der Waals surface area contributed by atoms with Gasteiger partial charge in [-0.05, 0) is 18.4 Å². The molecule has 1 aliphatic heterocycles. The monoisotopic (exact) mass is 496 g/mol. The van der Waals surface area contributed by atoms with E-state index in [-0.39, 0.29) is 42.1 Å². The van der Waals surface area contributed by atoms with Crippen LogP contribution in [0.15, 0.2) is 17.5 Å². The van der Waals surface area contributed by atoms with E-state index in [0.29, 0.717) is 17.2 Å². The van der Waals surface area contributed by atoms with Crippen LogP contribution < -0.4 is 16.0 Å². The lowest BCUT2D eigenvalue weighted by Gasteiger charge is -2.23. The number of hydrogen-bond acceptors (Lipinski definition) is 9. The van der Waals surface area contributed by atoms with Gasteiger partial charge in [0.05, 0.1) is 19.5 Å². The summed E-state index contributed by atoms with van der Waals surface area (Å²) in [5.74, 6) is -1.84. The van der Waals surface area contributed by atoms with E-state index in [1.807, 2.05) is 0 Å². The third-order valence-electron chi connectivity index (χ3n) is 4.46. The quantitative estimate of drug-likeness (QED) is 0.313. The minimum atomic E-state index is -0.958. The average Bonchev–Trinajstić information content (AvgIpc) is 3.22. The molecule has 0 aromatic carbocycles. The number of esters is 1. The second kappa shape index (κ2) is 13.1. The molecular formula is C21H28N4O6S2. The summed E-state index contributed by atoms with van der Waals surface area (Å²) in [6.07, 6.45) is 2.95. The summed E-state index contributed by atoms with van der Waals surface area (Å²) >= 11 is 2.39. The zero-order valence-corrected chi connectivity index (χ0v) is 20.3. The number of rotatable bonds is 5. The van der Waals surface area contributed by atoms with Gasteiger partial charge in [-0.1, -0.05) is 31.7 Å². The van der Waals surface area contributed by atoms with Crippen molar-refractivity contribution in [3.8, 4) is 0 Å². The highest BCUT2D eigenvalue weighted by Gasteiger charge is 2.28. The van der Waals surface area contributed by atoms with E-state index in [1.54, 1.807) is 31.4 Å². The predicted molar refractivity (Wildman–Crippen MR) is 124 cm³/mol. The molecule has 33 heavy (non-hydrogen) atoms. The largest absolute Gasteiger partial charge is 0.456 e. The van der Waals surface area contributed by atoms with Gasteiger partial charge in [0.2, 0.25) is 11.8 Å². The van der Waals surface area contributed by atoms with Crippen molar-refractivity contribution >= 4 is 51.9 Å². The second-order valence-electron chi connectivity index (χ2n) is 7.61. The smallest absolute Gasteiger partial charge is 0.329 e. The number of cyclic esters (lactones) is 1. The van der Waals surface area contributed by atoms with Crippen molar-refractivity contribution in [2.75, 3.05) is 12.3 Å². The Labute approximate surface area is 200 Å². The molecule has 180 valence electrons. The van der Waals surface area contributed by atoms with Crippen LogP contribution in [-0.4, -0.2) is 58.2 Å². The molecule has 1 aliphatic rings. The minimum absolute atomic E-state index is 0.0102. The number of nitrogens with zero attached hydrogens (tertiary/aromatic N) is 1. The fourth-order valence-electron chi connectivity index (χ4n) is 2.79. The summed E-state index contributed by atoms with van der Waals surface area (Å²) in [4.78, 5) is 65.0.